The van der Waals surface area contributed by atoms with Crippen LogP contribution in [-0.2, 0) is 0 Å². The maximum Gasteiger partial charge on any atom is 0.139 e. The van der Waals surface area contributed by atoms with E-state index in [0.29, 0.717) is 11.3 Å². The molecule has 0 amide bonds. The van der Waals surface area contributed by atoms with E-state index in [1.54, 1.807) is 6.92 Å². The van der Waals surface area contributed by atoms with Gasteiger partial charge in [-0.05, 0) is 6.92 Å². The Hall–Kier alpha value is -1.34. The molecule has 0 aromatic carbocycles. The fraction of sp³-hybridized carbons (Fsp3) is 0.429. The molecule has 0 bridgehead atoms. The van der Waals surface area contributed by atoms with Crippen LogP contribution in [0.1, 0.15) is 23.8 Å². The molecule has 0 fully saturated rings. The first-order valence-corrected chi connectivity index (χ1v) is 3.22. The van der Waals surface area contributed by atoms with E-state index in [2.05, 4.69) is 5.16 Å². The summed E-state index contributed by atoms with van der Waals surface area (Å²) in [7, 11) is 0. The van der Waals surface area contributed by atoms with Crippen LogP contribution in [0.3, 0.4) is 0 Å². The lowest BCUT2D eigenvalue weighted by atomic mass is 10.1. The van der Waals surface area contributed by atoms with Gasteiger partial charge in [-0.1, -0.05) is 5.16 Å². The highest BCUT2D eigenvalue weighted by molar-refractivity contribution is 5.15. The normalized spacial score (nSPS) is 12.5. The Kier molecular flexibility index (Phi) is 2.24. The molecule has 1 heterocycles. The van der Waals surface area contributed by atoms with Gasteiger partial charge in [-0.15, -0.1) is 0 Å². The van der Waals surface area contributed by atoms with Gasteiger partial charge in [0.15, 0.2) is 0 Å². The van der Waals surface area contributed by atoms with E-state index in [4.69, 9.17) is 9.78 Å². The van der Waals surface area contributed by atoms with E-state index in [1.165, 1.54) is 6.20 Å². The lowest BCUT2D eigenvalue weighted by Crippen LogP contribution is -1.95. The Morgan fingerprint density at radius 1 is 1.91 bits per heavy atom. The zero-order chi connectivity index (χ0) is 8.27. The first-order chi connectivity index (χ1) is 5.25. The summed E-state index contributed by atoms with van der Waals surface area (Å²) in [6.45, 7) is 1.70. The van der Waals surface area contributed by atoms with E-state index < -0.39 is 6.10 Å². The van der Waals surface area contributed by atoms with Crippen molar-refractivity contribution in [2.45, 2.75) is 19.4 Å². The zero-order valence-corrected chi connectivity index (χ0v) is 6.11. The Bertz CT molecular complexity index is 274. The van der Waals surface area contributed by atoms with Crippen molar-refractivity contribution in [3.8, 4) is 6.07 Å². The minimum absolute atomic E-state index is 0.0715. The maximum absolute atomic E-state index is 9.27. The molecule has 1 atom stereocenters. The molecule has 0 radical (unpaired) electrons. The van der Waals surface area contributed by atoms with Gasteiger partial charge < -0.3 is 9.63 Å². The van der Waals surface area contributed by atoms with Crippen molar-refractivity contribution >= 4 is 0 Å². The summed E-state index contributed by atoms with van der Waals surface area (Å²) < 4.78 is 4.71. The number of nitriles is 1. The molecule has 1 aromatic rings. The highest BCUT2D eigenvalue weighted by Crippen LogP contribution is 2.18. The Balaban J connectivity index is 2.77. The van der Waals surface area contributed by atoms with Crippen molar-refractivity contribution in [2.75, 3.05) is 0 Å². The van der Waals surface area contributed by atoms with E-state index in [1.807, 2.05) is 6.07 Å². The summed E-state index contributed by atoms with van der Waals surface area (Å²) in [6, 6.07) is 1.86. The van der Waals surface area contributed by atoms with Crippen LogP contribution < -0.4 is 0 Å². The predicted molar refractivity (Wildman–Crippen MR) is 36.4 cm³/mol. The van der Waals surface area contributed by atoms with Crippen molar-refractivity contribution in [3.63, 3.8) is 0 Å². The van der Waals surface area contributed by atoms with Crippen molar-refractivity contribution in [1.82, 2.24) is 5.16 Å². The van der Waals surface area contributed by atoms with Gasteiger partial charge in [0.05, 0.1) is 24.8 Å². The highest BCUT2D eigenvalue weighted by atomic mass is 16.5. The Morgan fingerprint density at radius 2 is 2.64 bits per heavy atom. The first kappa shape index (κ1) is 7.76. The third-order valence-electron chi connectivity index (χ3n) is 1.43. The molecule has 4 heteroatoms. The largest absolute Gasteiger partial charge is 0.387 e. The summed E-state index contributed by atoms with van der Waals surface area (Å²) >= 11 is 0. The molecule has 4 nitrogen and oxygen atoms in total. The fourth-order valence-electron chi connectivity index (χ4n) is 0.823. The third-order valence-corrected chi connectivity index (χ3v) is 1.43. The molecule has 0 aliphatic rings. The number of aliphatic hydroxyl groups excluding tert-OH is 1. The smallest absolute Gasteiger partial charge is 0.139 e. The van der Waals surface area contributed by atoms with Gasteiger partial charge >= 0.3 is 0 Å². The number of nitrogens with zero attached hydrogens (tertiary/aromatic N) is 2. The van der Waals surface area contributed by atoms with Gasteiger partial charge in [0.2, 0.25) is 0 Å². The molecule has 0 spiro atoms. The van der Waals surface area contributed by atoms with Crippen LogP contribution in [0.15, 0.2) is 10.7 Å². The lowest BCUT2D eigenvalue weighted by Gasteiger charge is -2.01. The van der Waals surface area contributed by atoms with Crippen LogP contribution in [0.2, 0.25) is 0 Å². The van der Waals surface area contributed by atoms with E-state index in [9.17, 15) is 5.11 Å². The first-order valence-electron chi connectivity index (χ1n) is 3.22. The minimum atomic E-state index is -0.772. The van der Waals surface area contributed by atoms with Crippen molar-refractivity contribution in [3.05, 3.63) is 17.5 Å². The summed E-state index contributed by atoms with van der Waals surface area (Å²) in [5.41, 5.74) is 0.589. The van der Waals surface area contributed by atoms with Crippen LogP contribution in [0, 0.1) is 18.3 Å². The van der Waals surface area contributed by atoms with E-state index >= 15 is 0 Å². The molecular weight excluding hydrogens is 144 g/mol. The fourth-order valence-corrected chi connectivity index (χ4v) is 0.823. The molecule has 0 aliphatic carbocycles. The zero-order valence-electron chi connectivity index (χ0n) is 6.11. The monoisotopic (exact) mass is 152 g/mol. The number of hydrogen-bond donors (Lipinski definition) is 1. The van der Waals surface area contributed by atoms with Gasteiger partial charge in [-0.25, -0.2) is 0 Å². The van der Waals surface area contributed by atoms with Gasteiger partial charge in [0, 0.05) is 5.56 Å². The maximum atomic E-state index is 9.27. The van der Waals surface area contributed by atoms with E-state index in [-0.39, 0.29) is 6.42 Å². The number of rotatable bonds is 2. The molecule has 58 valence electrons. The summed E-state index contributed by atoms with van der Waals surface area (Å²) in [4.78, 5) is 0. The second-order valence-corrected chi connectivity index (χ2v) is 2.22. The average Bonchev–Trinajstić information content (AvgIpc) is 2.36. The van der Waals surface area contributed by atoms with Crippen LogP contribution in [0.4, 0.5) is 0 Å². The van der Waals surface area contributed by atoms with Crippen molar-refractivity contribution in [1.29, 1.82) is 5.26 Å². The number of aromatic nitrogens is 1. The van der Waals surface area contributed by atoms with E-state index in [0.717, 1.165) is 0 Å². The number of aliphatic hydroxyl groups is 1. The van der Waals surface area contributed by atoms with Crippen LogP contribution >= 0.6 is 0 Å². The SMILES string of the molecule is Cc1oncc1C(O)CC#N. The molecule has 1 unspecified atom stereocenters. The lowest BCUT2D eigenvalue weighted by molar-refractivity contribution is 0.181. The van der Waals surface area contributed by atoms with Gasteiger partial charge in [0.25, 0.3) is 0 Å². The molecule has 1 aromatic heterocycles. The molecule has 0 saturated carbocycles. The Morgan fingerprint density at radius 3 is 3.09 bits per heavy atom. The Labute approximate surface area is 64.0 Å². The highest BCUT2D eigenvalue weighted by Gasteiger charge is 2.12. The third kappa shape index (κ3) is 1.57. The number of hydrogen-bond acceptors (Lipinski definition) is 4. The topological polar surface area (TPSA) is 70.1 Å². The van der Waals surface area contributed by atoms with Crippen LogP contribution in [-0.4, -0.2) is 10.3 Å². The van der Waals surface area contributed by atoms with Crippen LogP contribution in [0.5, 0.6) is 0 Å². The average molecular weight is 152 g/mol. The molecule has 0 saturated heterocycles. The second-order valence-electron chi connectivity index (χ2n) is 2.22. The number of aryl methyl sites for hydroxylation is 1. The summed E-state index contributed by atoms with van der Waals surface area (Å²) in [5, 5.41) is 21.0. The molecule has 0 aliphatic heterocycles. The molecule has 1 N–H and O–H groups in total. The minimum Gasteiger partial charge on any atom is -0.387 e. The van der Waals surface area contributed by atoms with Crippen molar-refractivity contribution < 1.29 is 9.63 Å². The van der Waals surface area contributed by atoms with Gasteiger partial charge in [0.1, 0.15) is 5.76 Å². The predicted octanol–water partition coefficient (Wildman–Crippen LogP) is 0.930. The quantitative estimate of drug-likeness (QED) is 0.684. The molecule has 1 rings (SSSR count). The molecular formula is C7H8N2O2. The van der Waals surface area contributed by atoms with Crippen LogP contribution in [0.25, 0.3) is 0 Å². The van der Waals surface area contributed by atoms with Gasteiger partial charge in [-0.3, -0.25) is 0 Å². The standard InChI is InChI=1S/C7H8N2O2/c1-5-6(4-9-11-5)7(10)2-3-8/h4,7,10H,2H2,1H3. The van der Waals surface area contributed by atoms with Crippen molar-refractivity contribution in [2.24, 2.45) is 0 Å². The molecule has 11 heavy (non-hydrogen) atoms. The summed E-state index contributed by atoms with van der Waals surface area (Å²) in [6.07, 6.45) is 0.727. The van der Waals surface area contributed by atoms with Gasteiger partial charge in [-0.2, -0.15) is 5.26 Å². The second kappa shape index (κ2) is 3.17. The summed E-state index contributed by atoms with van der Waals surface area (Å²) in [5.74, 6) is 0.563.